The van der Waals surface area contributed by atoms with Crippen LogP contribution in [0.5, 0.6) is 0 Å². The smallest absolute Gasteiger partial charge is 0.255 e. The van der Waals surface area contributed by atoms with E-state index in [1.807, 2.05) is 25.1 Å². The van der Waals surface area contributed by atoms with Crippen LogP contribution in [0.3, 0.4) is 0 Å². The molecule has 3 N–H and O–H groups in total. The minimum atomic E-state index is -0.135. The standard InChI is InChI=1S/C14H13BrN2O/c1-9-3-2-4-10(7-9)14(18)17-13-6-5-11(16)8-12(13)15/h2-8H,16H2,1H3,(H,17,18). The molecule has 0 spiro atoms. The first-order valence-electron chi connectivity index (χ1n) is 5.49. The average Bonchev–Trinajstić information content (AvgIpc) is 2.32. The maximum Gasteiger partial charge on any atom is 0.255 e. The minimum absolute atomic E-state index is 0.135. The van der Waals surface area contributed by atoms with E-state index in [-0.39, 0.29) is 5.91 Å². The molecule has 0 aliphatic heterocycles. The van der Waals surface area contributed by atoms with Gasteiger partial charge < -0.3 is 11.1 Å². The van der Waals surface area contributed by atoms with E-state index in [1.165, 1.54) is 0 Å². The molecule has 4 heteroatoms. The van der Waals surface area contributed by atoms with Gasteiger partial charge in [-0.15, -0.1) is 0 Å². The van der Waals surface area contributed by atoms with Gasteiger partial charge in [0.1, 0.15) is 0 Å². The molecule has 0 unspecified atom stereocenters. The summed E-state index contributed by atoms with van der Waals surface area (Å²) in [6.07, 6.45) is 0. The Morgan fingerprint density at radius 1 is 1.22 bits per heavy atom. The molecule has 0 atom stereocenters. The van der Waals surface area contributed by atoms with Crippen LogP contribution < -0.4 is 11.1 Å². The molecule has 0 saturated heterocycles. The summed E-state index contributed by atoms with van der Waals surface area (Å²) in [6.45, 7) is 1.95. The van der Waals surface area contributed by atoms with Gasteiger partial charge in [0.05, 0.1) is 5.69 Å². The van der Waals surface area contributed by atoms with Crippen molar-refractivity contribution in [2.75, 3.05) is 11.1 Å². The zero-order valence-corrected chi connectivity index (χ0v) is 11.5. The van der Waals surface area contributed by atoms with E-state index in [9.17, 15) is 4.79 Å². The van der Waals surface area contributed by atoms with E-state index in [0.29, 0.717) is 16.9 Å². The highest BCUT2D eigenvalue weighted by Gasteiger charge is 2.08. The number of aryl methyl sites for hydroxylation is 1. The molecule has 18 heavy (non-hydrogen) atoms. The molecule has 1 amide bonds. The fraction of sp³-hybridized carbons (Fsp3) is 0.0714. The summed E-state index contributed by atoms with van der Waals surface area (Å²) in [5, 5.41) is 2.84. The predicted molar refractivity (Wildman–Crippen MR) is 77.7 cm³/mol. The van der Waals surface area contributed by atoms with E-state index in [1.54, 1.807) is 24.3 Å². The molecule has 0 aliphatic carbocycles. The molecular weight excluding hydrogens is 292 g/mol. The van der Waals surface area contributed by atoms with Crippen LogP contribution in [0.1, 0.15) is 15.9 Å². The van der Waals surface area contributed by atoms with Crippen molar-refractivity contribution in [3.63, 3.8) is 0 Å². The number of hydrogen-bond acceptors (Lipinski definition) is 2. The van der Waals surface area contributed by atoms with Crippen LogP contribution in [0.2, 0.25) is 0 Å². The van der Waals surface area contributed by atoms with Crippen LogP contribution >= 0.6 is 15.9 Å². The van der Waals surface area contributed by atoms with E-state index < -0.39 is 0 Å². The Hall–Kier alpha value is -1.81. The molecule has 2 aromatic carbocycles. The van der Waals surface area contributed by atoms with Crippen molar-refractivity contribution >= 4 is 33.2 Å². The number of nitrogens with one attached hydrogen (secondary N) is 1. The summed E-state index contributed by atoms with van der Waals surface area (Å²) in [7, 11) is 0. The van der Waals surface area contributed by atoms with Crippen molar-refractivity contribution < 1.29 is 4.79 Å². The van der Waals surface area contributed by atoms with Gasteiger partial charge in [-0.2, -0.15) is 0 Å². The normalized spacial score (nSPS) is 10.1. The van der Waals surface area contributed by atoms with Crippen molar-refractivity contribution in [2.45, 2.75) is 6.92 Å². The van der Waals surface area contributed by atoms with Crippen LogP contribution in [0, 0.1) is 6.92 Å². The third kappa shape index (κ3) is 2.90. The topological polar surface area (TPSA) is 55.1 Å². The number of amides is 1. The van der Waals surface area contributed by atoms with Gasteiger partial charge in [-0.05, 0) is 53.2 Å². The quantitative estimate of drug-likeness (QED) is 0.833. The number of nitrogen functional groups attached to an aromatic ring is 1. The largest absolute Gasteiger partial charge is 0.399 e. The molecule has 0 radical (unpaired) electrons. The fourth-order valence-electron chi connectivity index (χ4n) is 1.61. The lowest BCUT2D eigenvalue weighted by molar-refractivity contribution is 0.102. The molecule has 3 nitrogen and oxygen atoms in total. The van der Waals surface area contributed by atoms with Gasteiger partial charge in [0.25, 0.3) is 5.91 Å². The van der Waals surface area contributed by atoms with Crippen molar-refractivity contribution in [2.24, 2.45) is 0 Å². The molecule has 0 heterocycles. The van der Waals surface area contributed by atoms with Gasteiger partial charge in [-0.1, -0.05) is 17.7 Å². The second kappa shape index (κ2) is 5.23. The fourth-order valence-corrected chi connectivity index (χ4v) is 2.11. The number of nitrogens with two attached hydrogens (primary N) is 1. The lowest BCUT2D eigenvalue weighted by Gasteiger charge is -2.08. The third-order valence-corrected chi connectivity index (χ3v) is 3.18. The highest BCUT2D eigenvalue weighted by atomic mass is 79.9. The Morgan fingerprint density at radius 3 is 2.67 bits per heavy atom. The Kier molecular flexibility index (Phi) is 3.67. The number of benzene rings is 2. The Labute approximate surface area is 114 Å². The SMILES string of the molecule is Cc1cccc(C(=O)Nc2ccc(N)cc2Br)c1. The molecule has 2 aromatic rings. The van der Waals surface area contributed by atoms with Gasteiger partial charge in [-0.25, -0.2) is 0 Å². The second-order valence-corrected chi connectivity index (χ2v) is 4.92. The molecular formula is C14H13BrN2O. The Balaban J connectivity index is 2.21. The zero-order chi connectivity index (χ0) is 13.1. The number of carbonyl (C=O) groups is 1. The number of halogens is 1. The molecule has 0 aromatic heterocycles. The highest BCUT2D eigenvalue weighted by molar-refractivity contribution is 9.10. The highest BCUT2D eigenvalue weighted by Crippen LogP contribution is 2.25. The molecule has 2 rings (SSSR count). The Morgan fingerprint density at radius 2 is 2.00 bits per heavy atom. The van der Waals surface area contributed by atoms with Gasteiger partial charge in [0.15, 0.2) is 0 Å². The van der Waals surface area contributed by atoms with Crippen molar-refractivity contribution in [1.29, 1.82) is 0 Å². The van der Waals surface area contributed by atoms with E-state index in [0.717, 1.165) is 10.0 Å². The van der Waals surface area contributed by atoms with Gasteiger partial charge in [0, 0.05) is 15.7 Å². The van der Waals surface area contributed by atoms with Crippen LogP contribution in [0.15, 0.2) is 46.9 Å². The molecule has 0 aliphatic rings. The summed E-state index contributed by atoms with van der Waals surface area (Å²) in [5.41, 5.74) is 8.69. The second-order valence-electron chi connectivity index (χ2n) is 4.06. The van der Waals surface area contributed by atoms with Gasteiger partial charge in [0.2, 0.25) is 0 Å². The first kappa shape index (κ1) is 12.6. The van der Waals surface area contributed by atoms with E-state index in [2.05, 4.69) is 21.2 Å². The molecule has 92 valence electrons. The lowest BCUT2D eigenvalue weighted by atomic mass is 10.1. The maximum atomic E-state index is 12.0. The van der Waals surface area contributed by atoms with Gasteiger partial charge in [-0.3, -0.25) is 4.79 Å². The first-order valence-corrected chi connectivity index (χ1v) is 6.28. The van der Waals surface area contributed by atoms with Crippen LogP contribution in [0.25, 0.3) is 0 Å². The number of hydrogen-bond donors (Lipinski definition) is 2. The number of anilines is 2. The maximum absolute atomic E-state index is 12.0. The minimum Gasteiger partial charge on any atom is -0.399 e. The third-order valence-electron chi connectivity index (χ3n) is 2.52. The van der Waals surface area contributed by atoms with Crippen molar-refractivity contribution in [3.8, 4) is 0 Å². The number of rotatable bonds is 2. The molecule has 0 fully saturated rings. The monoisotopic (exact) mass is 304 g/mol. The van der Waals surface area contributed by atoms with Crippen LogP contribution in [0.4, 0.5) is 11.4 Å². The summed E-state index contributed by atoms with van der Waals surface area (Å²) < 4.78 is 0.767. The summed E-state index contributed by atoms with van der Waals surface area (Å²) >= 11 is 3.37. The van der Waals surface area contributed by atoms with E-state index in [4.69, 9.17) is 5.73 Å². The number of carbonyl (C=O) groups excluding carboxylic acids is 1. The summed E-state index contributed by atoms with van der Waals surface area (Å²) in [6, 6.07) is 12.7. The average molecular weight is 305 g/mol. The summed E-state index contributed by atoms with van der Waals surface area (Å²) in [4.78, 5) is 12.0. The summed E-state index contributed by atoms with van der Waals surface area (Å²) in [5.74, 6) is -0.135. The van der Waals surface area contributed by atoms with Crippen LogP contribution in [-0.2, 0) is 0 Å². The van der Waals surface area contributed by atoms with Crippen molar-refractivity contribution in [1.82, 2.24) is 0 Å². The van der Waals surface area contributed by atoms with Gasteiger partial charge >= 0.3 is 0 Å². The molecule has 0 bridgehead atoms. The van der Waals surface area contributed by atoms with E-state index >= 15 is 0 Å². The zero-order valence-electron chi connectivity index (χ0n) is 9.91. The lowest BCUT2D eigenvalue weighted by Crippen LogP contribution is -2.12. The first-order chi connectivity index (χ1) is 8.56. The van der Waals surface area contributed by atoms with Crippen LogP contribution in [-0.4, -0.2) is 5.91 Å². The Bertz CT molecular complexity index is 596. The predicted octanol–water partition coefficient (Wildman–Crippen LogP) is 3.59. The molecule has 0 saturated carbocycles. The van der Waals surface area contributed by atoms with Crippen molar-refractivity contribution in [3.05, 3.63) is 58.1 Å².